The van der Waals surface area contributed by atoms with Gasteiger partial charge in [-0.15, -0.1) is 0 Å². The Labute approximate surface area is 171 Å². The molecule has 0 bridgehead atoms. The van der Waals surface area contributed by atoms with Gasteiger partial charge in [0.1, 0.15) is 5.76 Å². The monoisotopic (exact) mass is 424 g/mol. The third-order valence-electron chi connectivity index (χ3n) is 5.03. The minimum Gasteiger partial charge on any atom is -0.468 e. The van der Waals surface area contributed by atoms with Crippen molar-refractivity contribution >= 4 is 17.5 Å². The van der Waals surface area contributed by atoms with E-state index in [1.165, 1.54) is 0 Å². The largest absolute Gasteiger partial charge is 0.468 e. The lowest BCUT2D eigenvalue weighted by molar-refractivity contribution is -0.128. The van der Waals surface area contributed by atoms with Gasteiger partial charge in [-0.1, -0.05) is 0 Å². The molecule has 1 saturated heterocycles. The SMILES string of the molecule is CC(C(=O)NCC(=O)Nc1ccc(F)c(F)c1F)N1CCN(Cc2ccco2)CC1. The Balaban J connectivity index is 1.42. The van der Waals surface area contributed by atoms with Crippen LogP contribution in [0.5, 0.6) is 0 Å². The van der Waals surface area contributed by atoms with Crippen LogP contribution in [0.15, 0.2) is 34.9 Å². The molecule has 162 valence electrons. The molecule has 1 fully saturated rings. The van der Waals surface area contributed by atoms with Gasteiger partial charge in [-0.25, -0.2) is 13.2 Å². The fraction of sp³-hybridized carbons (Fsp3) is 0.400. The van der Waals surface area contributed by atoms with Crippen molar-refractivity contribution in [1.29, 1.82) is 0 Å². The quantitative estimate of drug-likeness (QED) is 0.665. The molecule has 1 aromatic carbocycles. The van der Waals surface area contributed by atoms with Crippen LogP contribution in [0.25, 0.3) is 0 Å². The van der Waals surface area contributed by atoms with E-state index in [0.717, 1.165) is 24.9 Å². The number of piperazine rings is 1. The topological polar surface area (TPSA) is 77.8 Å². The highest BCUT2D eigenvalue weighted by Crippen LogP contribution is 2.19. The molecule has 3 rings (SSSR count). The molecular weight excluding hydrogens is 401 g/mol. The average Bonchev–Trinajstić information content (AvgIpc) is 3.25. The van der Waals surface area contributed by atoms with E-state index in [-0.39, 0.29) is 5.91 Å². The maximum Gasteiger partial charge on any atom is 0.243 e. The van der Waals surface area contributed by atoms with Crippen LogP contribution in [-0.2, 0) is 16.1 Å². The molecule has 1 aliphatic rings. The lowest BCUT2D eigenvalue weighted by atomic mass is 10.2. The maximum absolute atomic E-state index is 13.6. The Kier molecular flexibility index (Phi) is 7.11. The van der Waals surface area contributed by atoms with Crippen molar-refractivity contribution in [2.75, 3.05) is 38.0 Å². The number of nitrogens with one attached hydrogen (secondary N) is 2. The molecule has 30 heavy (non-hydrogen) atoms. The van der Waals surface area contributed by atoms with Gasteiger partial charge in [-0.05, 0) is 31.2 Å². The van der Waals surface area contributed by atoms with Gasteiger partial charge in [0.2, 0.25) is 11.8 Å². The van der Waals surface area contributed by atoms with E-state index in [4.69, 9.17) is 4.42 Å². The minimum absolute atomic E-state index is 0.351. The molecule has 1 unspecified atom stereocenters. The van der Waals surface area contributed by atoms with E-state index in [0.29, 0.717) is 25.7 Å². The van der Waals surface area contributed by atoms with Gasteiger partial charge in [-0.3, -0.25) is 19.4 Å². The fourth-order valence-corrected chi connectivity index (χ4v) is 3.23. The van der Waals surface area contributed by atoms with Crippen LogP contribution in [0.2, 0.25) is 0 Å². The molecule has 1 aromatic heterocycles. The van der Waals surface area contributed by atoms with E-state index in [2.05, 4.69) is 15.5 Å². The van der Waals surface area contributed by atoms with Gasteiger partial charge in [0.25, 0.3) is 0 Å². The predicted molar refractivity (Wildman–Crippen MR) is 103 cm³/mol. The zero-order valence-corrected chi connectivity index (χ0v) is 16.5. The summed E-state index contributed by atoms with van der Waals surface area (Å²) in [6, 6.07) is 4.93. The molecule has 2 heterocycles. The first-order chi connectivity index (χ1) is 14.3. The molecule has 0 saturated carbocycles. The molecule has 2 aromatic rings. The van der Waals surface area contributed by atoms with Gasteiger partial charge in [0, 0.05) is 26.2 Å². The second-order valence-electron chi connectivity index (χ2n) is 7.06. The summed E-state index contributed by atoms with van der Waals surface area (Å²) in [5, 5.41) is 4.60. The Morgan fingerprint density at radius 3 is 2.50 bits per heavy atom. The maximum atomic E-state index is 13.6. The van der Waals surface area contributed by atoms with Crippen molar-refractivity contribution in [3.63, 3.8) is 0 Å². The van der Waals surface area contributed by atoms with Crippen molar-refractivity contribution in [2.24, 2.45) is 0 Å². The van der Waals surface area contributed by atoms with Crippen LogP contribution in [0.4, 0.5) is 18.9 Å². The second-order valence-corrected chi connectivity index (χ2v) is 7.06. The Morgan fingerprint density at radius 1 is 1.10 bits per heavy atom. The van der Waals surface area contributed by atoms with Gasteiger partial charge in [0.05, 0.1) is 31.1 Å². The Morgan fingerprint density at radius 2 is 1.83 bits per heavy atom. The molecule has 0 aliphatic carbocycles. The first-order valence-electron chi connectivity index (χ1n) is 9.55. The van der Waals surface area contributed by atoms with Crippen LogP contribution < -0.4 is 10.6 Å². The normalized spacial score (nSPS) is 16.3. The molecular formula is C20H23F3N4O3. The summed E-state index contributed by atoms with van der Waals surface area (Å²) in [6.07, 6.45) is 1.63. The minimum atomic E-state index is -1.67. The number of nitrogens with zero attached hydrogens (tertiary/aromatic N) is 2. The highest BCUT2D eigenvalue weighted by atomic mass is 19.2. The second kappa shape index (κ2) is 9.77. The highest BCUT2D eigenvalue weighted by molar-refractivity contribution is 5.95. The van der Waals surface area contributed by atoms with Crippen molar-refractivity contribution < 1.29 is 27.2 Å². The summed E-state index contributed by atoms with van der Waals surface area (Å²) >= 11 is 0. The van der Waals surface area contributed by atoms with E-state index in [1.54, 1.807) is 13.2 Å². The summed E-state index contributed by atoms with van der Waals surface area (Å²) < 4.78 is 45.1. The lowest BCUT2D eigenvalue weighted by Gasteiger charge is -2.37. The number of hydrogen-bond donors (Lipinski definition) is 2. The van der Waals surface area contributed by atoms with E-state index in [1.807, 2.05) is 17.0 Å². The number of benzene rings is 1. The lowest BCUT2D eigenvalue weighted by Crippen LogP contribution is -2.54. The van der Waals surface area contributed by atoms with Crippen LogP contribution in [0.1, 0.15) is 12.7 Å². The number of carbonyl (C=O) groups excluding carboxylic acids is 2. The van der Waals surface area contributed by atoms with Crippen LogP contribution >= 0.6 is 0 Å². The summed E-state index contributed by atoms with van der Waals surface area (Å²) in [5.41, 5.74) is -0.492. The number of carbonyl (C=O) groups is 2. The molecule has 1 aliphatic heterocycles. The number of anilines is 1. The van der Waals surface area contributed by atoms with E-state index < -0.39 is 41.6 Å². The molecule has 2 N–H and O–H groups in total. The molecule has 1 atom stereocenters. The number of furan rings is 1. The predicted octanol–water partition coefficient (Wildman–Crippen LogP) is 1.96. The zero-order chi connectivity index (χ0) is 21.7. The zero-order valence-electron chi connectivity index (χ0n) is 16.5. The number of hydrogen-bond acceptors (Lipinski definition) is 5. The summed E-state index contributed by atoms with van der Waals surface area (Å²) in [5.74, 6) is -4.72. The third kappa shape index (κ3) is 5.39. The highest BCUT2D eigenvalue weighted by Gasteiger charge is 2.26. The van der Waals surface area contributed by atoms with Crippen LogP contribution in [-0.4, -0.2) is 60.4 Å². The molecule has 10 heteroatoms. The first kappa shape index (κ1) is 21.8. The van der Waals surface area contributed by atoms with Crippen LogP contribution in [0, 0.1) is 17.5 Å². The molecule has 0 radical (unpaired) electrons. The summed E-state index contributed by atoms with van der Waals surface area (Å²) in [6.45, 7) is 4.94. The summed E-state index contributed by atoms with van der Waals surface area (Å²) in [7, 11) is 0. The first-order valence-corrected chi connectivity index (χ1v) is 9.55. The Bertz CT molecular complexity index is 884. The van der Waals surface area contributed by atoms with E-state index >= 15 is 0 Å². The third-order valence-corrected chi connectivity index (χ3v) is 5.03. The smallest absolute Gasteiger partial charge is 0.243 e. The van der Waals surface area contributed by atoms with Crippen molar-refractivity contribution in [3.05, 3.63) is 53.7 Å². The molecule has 2 amide bonds. The molecule has 7 nitrogen and oxygen atoms in total. The number of halogens is 3. The molecule has 0 spiro atoms. The van der Waals surface area contributed by atoms with Crippen LogP contribution in [0.3, 0.4) is 0 Å². The summed E-state index contributed by atoms with van der Waals surface area (Å²) in [4.78, 5) is 28.5. The van der Waals surface area contributed by atoms with E-state index in [9.17, 15) is 22.8 Å². The van der Waals surface area contributed by atoms with Crippen molar-refractivity contribution in [3.8, 4) is 0 Å². The Hall–Kier alpha value is -2.85. The van der Waals surface area contributed by atoms with Gasteiger partial charge < -0.3 is 15.1 Å². The van der Waals surface area contributed by atoms with Gasteiger partial charge in [-0.2, -0.15) is 0 Å². The van der Waals surface area contributed by atoms with Gasteiger partial charge in [0.15, 0.2) is 17.5 Å². The average molecular weight is 424 g/mol. The fourth-order valence-electron chi connectivity index (χ4n) is 3.23. The van der Waals surface area contributed by atoms with Crippen molar-refractivity contribution in [1.82, 2.24) is 15.1 Å². The standard InChI is InChI=1S/C20H23F3N4O3/c1-13(27-8-6-26(7-9-27)12-14-3-2-10-30-14)20(29)24-11-17(28)25-16-5-4-15(21)18(22)19(16)23/h2-5,10,13H,6-9,11-12H2,1H3,(H,24,29)(H,25,28). The number of rotatable bonds is 7. The van der Waals surface area contributed by atoms with Crippen molar-refractivity contribution in [2.45, 2.75) is 19.5 Å². The van der Waals surface area contributed by atoms with Gasteiger partial charge >= 0.3 is 0 Å². The number of amides is 2.